The van der Waals surface area contributed by atoms with Crippen molar-refractivity contribution < 1.29 is 23.9 Å². The van der Waals surface area contributed by atoms with Gasteiger partial charge in [-0.1, -0.05) is 61.9 Å². The Morgan fingerprint density at radius 2 is 1.76 bits per heavy atom. The molecular formula is C26H35N3O5. The lowest BCUT2D eigenvalue weighted by atomic mass is 10.1. The number of ether oxygens (including phenoxy) is 2. The minimum absolute atomic E-state index is 0.213. The molecular weight excluding hydrogens is 434 g/mol. The van der Waals surface area contributed by atoms with E-state index in [0.717, 1.165) is 31.2 Å². The molecule has 8 nitrogen and oxygen atoms in total. The fourth-order valence-corrected chi connectivity index (χ4v) is 3.00. The average Bonchev–Trinajstić information content (AvgIpc) is 3.30. The molecule has 0 bridgehead atoms. The summed E-state index contributed by atoms with van der Waals surface area (Å²) in [7, 11) is 3.29. The van der Waals surface area contributed by atoms with Gasteiger partial charge in [-0.05, 0) is 43.6 Å². The smallest absolute Gasteiger partial charge is 0.408 e. The molecule has 0 aliphatic carbocycles. The molecule has 1 atom stereocenters. The fourth-order valence-electron chi connectivity index (χ4n) is 3.00. The second-order valence-corrected chi connectivity index (χ2v) is 7.28. The van der Waals surface area contributed by atoms with Crippen molar-refractivity contribution in [2.24, 2.45) is 0 Å². The highest BCUT2D eigenvalue weighted by molar-refractivity contribution is 5.83. The van der Waals surface area contributed by atoms with Gasteiger partial charge in [0, 0.05) is 17.1 Å². The van der Waals surface area contributed by atoms with Gasteiger partial charge in [0.1, 0.15) is 12.9 Å². The van der Waals surface area contributed by atoms with Gasteiger partial charge in [0.2, 0.25) is 0 Å². The Bertz CT molecular complexity index is 959. The van der Waals surface area contributed by atoms with E-state index in [1.165, 1.54) is 23.6 Å². The Kier molecular flexibility index (Phi) is 14.9. The highest BCUT2D eigenvalue weighted by Crippen LogP contribution is 2.17. The van der Waals surface area contributed by atoms with E-state index in [1.54, 1.807) is 0 Å². The van der Waals surface area contributed by atoms with Crippen LogP contribution in [0.3, 0.4) is 0 Å². The van der Waals surface area contributed by atoms with E-state index < -0.39 is 12.1 Å². The number of aromatic nitrogens is 1. The zero-order valence-corrected chi connectivity index (χ0v) is 20.1. The van der Waals surface area contributed by atoms with E-state index in [4.69, 9.17) is 9.53 Å². The van der Waals surface area contributed by atoms with Crippen LogP contribution < -0.4 is 10.6 Å². The van der Waals surface area contributed by atoms with Crippen molar-refractivity contribution in [1.82, 2.24) is 15.6 Å². The zero-order valence-electron chi connectivity index (χ0n) is 20.1. The monoisotopic (exact) mass is 469 g/mol. The number of H-pyrrole nitrogens is 1. The van der Waals surface area contributed by atoms with Crippen LogP contribution in [-0.4, -0.2) is 50.6 Å². The zero-order chi connectivity index (χ0) is 25.0. The van der Waals surface area contributed by atoms with E-state index in [1.807, 2.05) is 44.3 Å². The summed E-state index contributed by atoms with van der Waals surface area (Å²) in [5.74, 6) is 0. The summed E-state index contributed by atoms with van der Waals surface area (Å²) < 4.78 is 8.86. The first-order valence-corrected chi connectivity index (χ1v) is 11.2. The number of amides is 1. The fraction of sp³-hybridized carbons (Fsp3) is 0.346. The lowest BCUT2D eigenvalue weighted by molar-refractivity contribution is -0.126. The van der Waals surface area contributed by atoms with Crippen LogP contribution in [0.25, 0.3) is 10.9 Å². The molecule has 0 saturated heterocycles. The molecule has 3 aromatic rings. The quantitative estimate of drug-likeness (QED) is 0.387. The third kappa shape index (κ3) is 11.3. The van der Waals surface area contributed by atoms with Gasteiger partial charge in [-0.2, -0.15) is 0 Å². The van der Waals surface area contributed by atoms with E-state index >= 15 is 0 Å². The summed E-state index contributed by atoms with van der Waals surface area (Å²) in [4.78, 5) is 34.2. The van der Waals surface area contributed by atoms with Crippen LogP contribution in [0.15, 0.2) is 60.8 Å². The minimum atomic E-state index is -0.556. The number of alkyl carbamates (subject to hydrolysis) is 1. The molecule has 8 heteroatoms. The second-order valence-electron chi connectivity index (χ2n) is 7.28. The molecule has 3 rings (SSSR count). The van der Waals surface area contributed by atoms with Crippen molar-refractivity contribution in [2.75, 3.05) is 20.7 Å². The van der Waals surface area contributed by atoms with Crippen LogP contribution in [0, 0.1) is 0 Å². The Balaban J connectivity index is 0.000000300. The van der Waals surface area contributed by atoms with E-state index in [0.29, 0.717) is 12.9 Å². The molecule has 1 amide bonds. The molecule has 0 aliphatic rings. The number of aldehydes is 1. The van der Waals surface area contributed by atoms with Crippen LogP contribution in [0.2, 0.25) is 0 Å². The first kappa shape index (κ1) is 28.4. The number of hydrogen-bond donors (Lipinski definition) is 3. The number of carbonyl (C=O) groups excluding carboxylic acids is 3. The predicted molar refractivity (Wildman–Crippen MR) is 134 cm³/mol. The number of aromatic amines is 1. The number of benzene rings is 2. The van der Waals surface area contributed by atoms with Gasteiger partial charge in [-0.3, -0.25) is 4.79 Å². The Hall–Kier alpha value is -3.65. The number of likely N-dealkylation sites (N-methyl/N-ethyl adjacent to an activating group) is 1. The van der Waals surface area contributed by atoms with Crippen molar-refractivity contribution >= 4 is 29.8 Å². The Morgan fingerprint density at radius 3 is 2.38 bits per heavy atom. The maximum Gasteiger partial charge on any atom is 0.408 e. The molecule has 1 heterocycles. The maximum atomic E-state index is 11.4. The number of nitrogens with one attached hydrogen (secondary N) is 3. The summed E-state index contributed by atoms with van der Waals surface area (Å²) in [6, 6.07) is 17.3. The summed E-state index contributed by atoms with van der Waals surface area (Å²) in [5.41, 5.74) is 3.54. The Morgan fingerprint density at radius 1 is 1.09 bits per heavy atom. The largest absolute Gasteiger partial charge is 0.471 e. The van der Waals surface area contributed by atoms with Gasteiger partial charge in [0.25, 0.3) is 6.47 Å². The molecule has 1 unspecified atom stereocenters. The Labute approximate surface area is 201 Å². The van der Waals surface area contributed by atoms with E-state index in [2.05, 4.69) is 50.8 Å². The molecule has 0 aliphatic heterocycles. The van der Waals surface area contributed by atoms with Gasteiger partial charge in [-0.25, -0.2) is 4.79 Å². The molecule has 34 heavy (non-hydrogen) atoms. The van der Waals surface area contributed by atoms with Gasteiger partial charge < -0.3 is 29.9 Å². The lowest BCUT2D eigenvalue weighted by Gasteiger charge is -2.11. The number of carbonyl (C=O) groups is 3. The van der Waals surface area contributed by atoms with Crippen molar-refractivity contribution in [3.8, 4) is 0 Å². The molecule has 184 valence electrons. The molecule has 0 saturated carbocycles. The van der Waals surface area contributed by atoms with Crippen LogP contribution in [0.4, 0.5) is 4.79 Å². The van der Waals surface area contributed by atoms with Gasteiger partial charge in [0.05, 0.1) is 13.2 Å². The van der Waals surface area contributed by atoms with Crippen LogP contribution >= 0.6 is 0 Å². The first-order chi connectivity index (χ1) is 16.6. The number of fused-ring (bicyclic) bond motifs is 1. The van der Waals surface area contributed by atoms with Crippen LogP contribution in [0.1, 0.15) is 30.9 Å². The van der Waals surface area contributed by atoms with Crippen LogP contribution in [0.5, 0.6) is 0 Å². The summed E-state index contributed by atoms with van der Waals surface area (Å²) in [6.45, 7) is 3.57. The molecule has 0 radical (unpaired) electrons. The second kappa shape index (κ2) is 17.9. The topological polar surface area (TPSA) is 110 Å². The normalized spacial score (nSPS) is 10.6. The predicted octanol–water partition coefficient (Wildman–Crippen LogP) is 4.00. The highest BCUT2D eigenvalue weighted by Gasteiger charge is 2.10. The van der Waals surface area contributed by atoms with Crippen molar-refractivity contribution in [2.45, 2.75) is 38.8 Å². The van der Waals surface area contributed by atoms with E-state index in [-0.39, 0.29) is 6.61 Å². The first-order valence-electron chi connectivity index (χ1n) is 11.2. The maximum absolute atomic E-state index is 11.4. The SMILES string of the molecule is CCCC(C=O)NC(=O)OCc1ccccc1.CNCCc1c[nH]c2ccccc12.COC=O. The number of rotatable bonds is 10. The number of hydrogen-bond acceptors (Lipinski definition) is 6. The third-order valence-corrected chi connectivity index (χ3v) is 4.70. The third-order valence-electron chi connectivity index (χ3n) is 4.70. The average molecular weight is 470 g/mol. The minimum Gasteiger partial charge on any atom is -0.471 e. The van der Waals surface area contributed by atoms with Crippen molar-refractivity contribution in [1.29, 1.82) is 0 Å². The summed E-state index contributed by atoms with van der Waals surface area (Å²) >= 11 is 0. The molecule has 2 aromatic carbocycles. The molecule has 0 fully saturated rings. The van der Waals surface area contributed by atoms with E-state index in [9.17, 15) is 9.59 Å². The number of para-hydroxylation sites is 1. The van der Waals surface area contributed by atoms with Crippen LogP contribution in [-0.2, 0) is 32.1 Å². The highest BCUT2D eigenvalue weighted by atomic mass is 16.5. The summed E-state index contributed by atoms with van der Waals surface area (Å²) in [5, 5.41) is 7.01. The van der Waals surface area contributed by atoms with Gasteiger partial charge in [0.15, 0.2) is 0 Å². The standard InChI is InChI=1S/C13H17NO3.C11H14N2.C2H4O2/c1-2-6-12(9-15)14-13(16)17-10-11-7-4-3-5-8-11;1-12-7-6-9-8-13-11-5-3-2-4-10(9)11;1-4-2-3/h3-5,7-9,12H,2,6,10H2,1H3,(H,14,16);2-5,8,12-13H,6-7H2,1H3;2H,1H3. The molecule has 3 N–H and O–H groups in total. The van der Waals surface area contributed by atoms with Gasteiger partial charge in [-0.15, -0.1) is 0 Å². The lowest BCUT2D eigenvalue weighted by Crippen LogP contribution is -2.36. The number of methoxy groups -OCH3 is 1. The molecule has 1 aromatic heterocycles. The molecule has 0 spiro atoms. The van der Waals surface area contributed by atoms with Crippen molar-refractivity contribution in [3.05, 3.63) is 71.9 Å². The summed E-state index contributed by atoms with van der Waals surface area (Å²) in [6.07, 6.45) is 4.82. The van der Waals surface area contributed by atoms with Gasteiger partial charge >= 0.3 is 6.09 Å². The van der Waals surface area contributed by atoms with Crippen molar-refractivity contribution in [3.63, 3.8) is 0 Å².